The minimum absolute atomic E-state index is 0.151. The van der Waals surface area contributed by atoms with E-state index in [0.717, 1.165) is 25.8 Å². The summed E-state index contributed by atoms with van der Waals surface area (Å²) in [7, 11) is 0. The van der Waals surface area contributed by atoms with Crippen molar-refractivity contribution in [3.05, 3.63) is 41.3 Å². The number of hydrogen-bond donors (Lipinski definition) is 0. The maximum absolute atomic E-state index is 12.2. The summed E-state index contributed by atoms with van der Waals surface area (Å²) in [6, 6.07) is 5.72. The van der Waals surface area contributed by atoms with Crippen molar-refractivity contribution in [3.63, 3.8) is 0 Å². The molecule has 0 spiro atoms. The quantitative estimate of drug-likeness (QED) is 0.620. The van der Waals surface area contributed by atoms with E-state index in [9.17, 15) is 9.59 Å². The molecule has 1 fully saturated rings. The van der Waals surface area contributed by atoms with Crippen LogP contribution in [0.2, 0.25) is 5.15 Å². The zero-order valence-electron chi connectivity index (χ0n) is 14.0. The first kappa shape index (κ1) is 17.5. The van der Waals surface area contributed by atoms with E-state index in [4.69, 9.17) is 16.3 Å². The SMILES string of the molecule is C[C@H]1CCCCN1C(=O)COC(=O)/C=C/c1c(Cl)nc2ccccn12. The third-order valence-electron chi connectivity index (χ3n) is 4.36. The monoisotopic (exact) mass is 361 g/mol. The van der Waals surface area contributed by atoms with Crippen LogP contribution in [0.15, 0.2) is 30.5 Å². The highest BCUT2D eigenvalue weighted by atomic mass is 35.5. The molecule has 6 nitrogen and oxygen atoms in total. The smallest absolute Gasteiger partial charge is 0.331 e. The molecule has 2 aromatic heterocycles. The molecule has 3 rings (SSSR count). The van der Waals surface area contributed by atoms with Crippen molar-refractivity contribution >= 4 is 35.2 Å². The number of piperidine rings is 1. The number of carbonyl (C=O) groups is 2. The van der Waals surface area contributed by atoms with Crippen LogP contribution in [0.4, 0.5) is 0 Å². The van der Waals surface area contributed by atoms with Gasteiger partial charge in [0.15, 0.2) is 11.8 Å². The van der Waals surface area contributed by atoms with Gasteiger partial charge in [0.05, 0.1) is 5.69 Å². The van der Waals surface area contributed by atoms with Gasteiger partial charge in [0.1, 0.15) is 5.65 Å². The summed E-state index contributed by atoms with van der Waals surface area (Å²) < 4.78 is 6.84. The van der Waals surface area contributed by atoms with Crippen LogP contribution >= 0.6 is 11.6 Å². The lowest BCUT2D eigenvalue weighted by Gasteiger charge is -2.33. The van der Waals surface area contributed by atoms with Crippen LogP contribution in [0, 0.1) is 0 Å². The molecule has 1 atom stereocenters. The number of esters is 1. The van der Waals surface area contributed by atoms with Gasteiger partial charge in [-0.15, -0.1) is 0 Å². The van der Waals surface area contributed by atoms with Crippen molar-refractivity contribution in [2.24, 2.45) is 0 Å². The molecule has 7 heteroatoms. The Morgan fingerprint density at radius 2 is 2.24 bits per heavy atom. The first-order chi connectivity index (χ1) is 12.1. The standard InChI is InChI=1S/C18H20ClN3O3/c1-13-6-2-4-10-21(13)16(23)12-25-17(24)9-8-14-18(19)20-15-7-3-5-11-22(14)15/h3,5,7-9,11,13H,2,4,6,10,12H2,1H3/b9-8+/t13-/m0/s1. The van der Waals surface area contributed by atoms with Gasteiger partial charge in [0, 0.05) is 24.9 Å². The lowest BCUT2D eigenvalue weighted by Crippen LogP contribution is -2.44. The normalized spacial score (nSPS) is 18.0. The van der Waals surface area contributed by atoms with Crippen LogP contribution in [0.1, 0.15) is 31.9 Å². The van der Waals surface area contributed by atoms with Crippen LogP contribution in [0.5, 0.6) is 0 Å². The maximum Gasteiger partial charge on any atom is 0.331 e. The van der Waals surface area contributed by atoms with Crippen LogP contribution in [0.3, 0.4) is 0 Å². The number of amides is 1. The molecule has 25 heavy (non-hydrogen) atoms. The van der Waals surface area contributed by atoms with Gasteiger partial charge in [-0.05, 0) is 44.4 Å². The molecule has 1 amide bonds. The zero-order valence-corrected chi connectivity index (χ0v) is 14.8. The minimum Gasteiger partial charge on any atom is -0.452 e. The van der Waals surface area contributed by atoms with Crippen molar-refractivity contribution < 1.29 is 14.3 Å². The van der Waals surface area contributed by atoms with E-state index in [1.807, 2.05) is 25.1 Å². The molecule has 0 N–H and O–H groups in total. The highest BCUT2D eigenvalue weighted by Gasteiger charge is 2.23. The fourth-order valence-corrected chi connectivity index (χ4v) is 3.26. The highest BCUT2D eigenvalue weighted by molar-refractivity contribution is 6.31. The number of hydrogen-bond acceptors (Lipinski definition) is 4. The predicted molar refractivity (Wildman–Crippen MR) is 95.2 cm³/mol. The second kappa shape index (κ2) is 7.70. The van der Waals surface area contributed by atoms with Gasteiger partial charge in [-0.1, -0.05) is 17.7 Å². The minimum atomic E-state index is -0.583. The third kappa shape index (κ3) is 4.02. The van der Waals surface area contributed by atoms with Crippen molar-refractivity contribution in [3.8, 4) is 0 Å². The summed E-state index contributed by atoms with van der Waals surface area (Å²) in [6.07, 6.45) is 7.73. The Hall–Kier alpha value is -2.34. The number of likely N-dealkylation sites (tertiary alicyclic amines) is 1. The van der Waals surface area contributed by atoms with E-state index in [1.54, 1.807) is 21.6 Å². The largest absolute Gasteiger partial charge is 0.452 e. The lowest BCUT2D eigenvalue weighted by atomic mass is 10.0. The van der Waals surface area contributed by atoms with Gasteiger partial charge in [0.25, 0.3) is 5.91 Å². The summed E-state index contributed by atoms with van der Waals surface area (Å²) in [4.78, 5) is 30.0. The Morgan fingerprint density at radius 3 is 3.04 bits per heavy atom. The van der Waals surface area contributed by atoms with E-state index >= 15 is 0 Å². The average molecular weight is 362 g/mol. The molecule has 1 aliphatic heterocycles. The van der Waals surface area contributed by atoms with Gasteiger partial charge in [0.2, 0.25) is 0 Å². The first-order valence-corrected chi connectivity index (χ1v) is 8.71. The Kier molecular flexibility index (Phi) is 5.38. The number of aromatic nitrogens is 2. The van der Waals surface area contributed by atoms with Crippen molar-refractivity contribution in [2.75, 3.05) is 13.2 Å². The van der Waals surface area contributed by atoms with Gasteiger partial charge in [-0.2, -0.15) is 0 Å². The zero-order chi connectivity index (χ0) is 17.8. The van der Waals surface area contributed by atoms with Crippen LogP contribution in [0.25, 0.3) is 11.7 Å². The fraction of sp³-hybridized carbons (Fsp3) is 0.389. The number of fused-ring (bicyclic) bond motifs is 1. The number of imidazole rings is 1. The number of nitrogens with zero attached hydrogens (tertiary/aromatic N) is 3. The Morgan fingerprint density at radius 1 is 1.40 bits per heavy atom. The van der Waals surface area contributed by atoms with Crippen molar-refractivity contribution in [2.45, 2.75) is 32.2 Å². The molecule has 2 aromatic rings. The second-order valence-electron chi connectivity index (χ2n) is 6.09. The van der Waals surface area contributed by atoms with E-state index in [2.05, 4.69) is 4.98 Å². The molecule has 132 valence electrons. The molecule has 0 radical (unpaired) electrons. The number of ether oxygens (including phenoxy) is 1. The molecule has 1 aliphatic rings. The molecule has 0 saturated carbocycles. The van der Waals surface area contributed by atoms with E-state index in [0.29, 0.717) is 16.5 Å². The topological polar surface area (TPSA) is 63.9 Å². The Labute approximate surface area is 151 Å². The summed E-state index contributed by atoms with van der Waals surface area (Å²) in [5, 5.41) is 0.300. The van der Waals surface area contributed by atoms with E-state index in [1.165, 1.54) is 6.08 Å². The van der Waals surface area contributed by atoms with Crippen molar-refractivity contribution in [1.82, 2.24) is 14.3 Å². The van der Waals surface area contributed by atoms with Crippen LogP contribution < -0.4 is 0 Å². The summed E-state index contributed by atoms with van der Waals surface area (Å²) in [5.74, 6) is -0.734. The van der Waals surface area contributed by atoms with E-state index < -0.39 is 5.97 Å². The summed E-state index contributed by atoms with van der Waals surface area (Å²) in [6.45, 7) is 2.50. The molecular formula is C18H20ClN3O3. The molecule has 1 saturated heterocycles. The summed E-state index contributed by atoms with van der Waals surface area (Å²) >= 11 is 6.10. The Balaban J connectivity index is 1.59. The van der Waals surface area contributed by atoms with Gasteiger partial charge in [-0.25, -0.2) is 9.78 Å². The number of pyridine rings is 1. The molecular weight excluding hydrogens is 342 g/mol. The fourth-order valence-electron chi connectivity index (χ4n) is 3.01. The second-order valence-corrected chi connectivity index (χ2v) is 6.45. The van der Waals surface area contributed by atoms with Crippen LogP contribution in [-0.2, 0) is 14.3 Å². The van der Waals surface area contributed by atoms with E-state index in [-0.39, 0.29) is 18.6 Å². The van der Waals surface area contributed by atoms with Gasteiger partial charge in [-0.3, -0.25) is 9.20 Å². The first-order valence-electron chi connectivity index (χ1n) is 8.33. The molecule has 0 aromatic carbocycles. The van der Waals surface area contributed by atoms with Crippen LogP contribution in [-0.4, -0.2) is 45.4 Å². The maximum atomic E-state index is 12.2. The molecule has 0 unspecified atom stereocenters. The lowest BCUT2D eigenvalue weighted by molar-refractivity contribution is -0.149. The molecule has 0 aliphatic carbocycles. The predicted octanol–water partition coefficient (Wildman–Crippen LogP) is 2.95. The molecule has 3 heterocycles. The van der Waals surface area contributed by atoms with Gasteiger partial charge >= 0.3 is 5.97 Å². The Bertz CT molecular complexity index is 815. The third-order valence-corrected chi connectivity index (χ3v) is 4.64. The number of halogens is 1. The highest BCUT2D eigenvalue weighted by Crippen LogP contribution is 2.19. The van der Waals surface area contributed by atoms with Gasteiger partial charge < -0.3 is 9.64 Å². The average Bonchev–Trinajstić information content (AvgIpc) is 2.93. The number of rotatable bonds is 4. The number of carbonyl (C=O) groups excluding carboxylic acids is 2. The molecule has 0 bridgehead atoms. The van der Waals surface area contributed by atoms with Crippen molar-refractivity contribution in [1.29, 1.82) is 0 Å². The summed E-state index contributed by atoms with van der Waals surface area (Å²) in [5.41, 5.74) is 1.28.